The Balaban J connectivity index is 1.42. The number of aromatic nitrogens is 3. The van der Waals surface area contributed by atoms with Gasteiger partial charge >= 0.3 is 5.97 Å². The van der Waals surface area contributed by atoms with Crippen LogP contribution in [0.15, 0.2) is 47.0 Å². The number of nitrogens with zero attached hydrogens (tertiary/aromatic N) is 4. The lowest BCUT2D eigenvalue weighted by Crippen LogP contribution is -2.36. The van der Waals surface area contributed by atoms with Gasteiger partial charge in [-0.1, -0.05) is 12.1 Å². The lowest BCUT2D eigenvalue weighted by Gasteiger charge is -2.22. The first-order valence-corrected chi connectivity index (χ1v) is 10.9. The van der Waals surface area contributed by atoms with E-state index >= 15 is 0 Å². The first kappa shape index (κ1) is 21.6. The predicted molar refractivity (Wildman–Crippen MR) is 125 cm³/mol. The lowest BCUT2D eigenvalue weighted by atomic mass is 10.0. The molecule has 2 atom stereocenters. The predicted octanol–water partition coefficient (Wildman–Crippen LogP) is 3.40. The number of aryl methyl sites for hydroxylation is 1. The quantitative estimate of drug-likeness (QED) is 0.443. The largest absolute Gasteiger partial charge is 0.481 e. The Bertz CT molecular complexity index is 1400. The minimum atomic E-state index is -0.970. The molecule has 1 aliphatic heterocycles. The third-order valence-electron chi connectivity index (χ3n) is 5.96. The molecule has 1 fully saturated rings. The highest BCUT2D eigenvalue weighted by Gasteiger charge is 2.40. The van der Waals surface area contributed by atoms with Gasteiger partial charge in [-0.05, 0) is 37.5 Å². The fourth-order valence-electron chi connectivity index (χ4n) is 4.49. The molecule has 1 saturated heterocycles. The molecule has 0 aliphatic carbocycles. The average Bonchev–Trinajstić information content (AvgIpc) is 3.40. The van der Waals surface area contributed by atoms with Gasteiger partial charge in [0.1, 0.15) is 23.0 Å². The van der Waals surface area contributed by atoms with E-state index in [1.54, 1.807) is 30.2 Å². The summed E-state index contributed by atoms with van der Waals surface area (Å²) >= 11 is 0. The lowest BCUT2D eigenvalue weighted by molar-refractivity contribution is -0.138. The van der Waals surface area contributed by atoms with Gasteiger partial charge in [0.25, 0.3) is 0 Å². The number of aliphatic carboxylic acids is 1. The van der Waals surface area contributed by atoms with Crippen LogP contribution >= 0.6 is 0 Å². The van der Waals surface area contributed by atoms with E-state index in [9.17, 15) is 14.7 Å². The molecule has 0 radical (unpaired) electrons. The molecule has 0 spiro atoms. The molecular formula is C24H23N5O5. The second-order valence-electron chi connectivity index (χ2n) is 8.32. The number of pyridine rings is 1. The van der Waals surface area contributed by atoms with Crippen molar-refractivity contribution in [2.45, 2.75) is 25.8 Å². The summed E-state index contributed by atoms with van der Waals surface area (Å²) in [6.45, 7) is 2.12. The van der Waals surface area contributed by atoms with Crippen LogP contribution in [0.4, 0.5) is 11.5 Å². The van der Waals surface area contributed by atoms with E-state index in [0.29, 0.717) is 52.9 Å². The first-order chi connectivity index (χ1) is 16.4. The van der Waals surface area contributed by atoms with Crippen molar-refractivity contribution in [3.63, 3.8) is 0 Å². The Morgan fingerprint density at radius 1 is 1.26 bits per heavy atom. The van der Waals surface area contributed by atoms with Crippen LogP contribution in [-0.4, -0.2) is 51.6 Å². The van der Waals surface area contributed by atoms with Crippen molar-refractivity contribution in [2.24, 2.45) is 5.92 Å². The average molecular weight is 461 g/mol. The van der Waals surface area contributed by atoms with Gasteiger partial charge in [0.2, 0.25) is 11.8 Å². The number of hydrogen-bond acceptors (Lipinski definition) is 8. The highest BCUT2D eigenvalue weighted by Crippen LogP contribution is 2.37. The van der Waals surface area contributed by atoms with Gasteiger partial charge in [0.05, 0.1) is 7.11 Å². The van der Waals surface area contributed by atoms with Gasteiger partial charge in [-0.25, -0.2) is 19.7 Å². The van der Waals surface area contributed by atoms with Crippen molar-refractivity contribution >= 4 is 45.5 Å². The van der Waals surface area contributed by atoms with Gasteiger partial charge in [-0.3, -0.25) is 4.79 Å². The van der Waals surface area contributed by atoms with E-state index in [1.165, 1.54) is 7.11 Å². The number of carbonyl (C=O) groups is 2. The first-order valence-electron chi connectivity index (χ1n) is 10.9. The molecule has 2 N–H and O–H groups in total. The third-order valence-corrected chi connectivity index (χ3v) is 5.96. The van der Waals surface area contributed by atoms with Crippen molar-refractivity contribution in [3.05, 3.63) is 48.4 Å². The summed E-state index contributed by atoms with van der Waals surface area (Å²) in [5.74, 6) is -0.0116. The smallest absolute Gasteiger partial charge is 0.326 e. The van der Waals surface area contributed by atoms with Gasteiger partial charge in [0.15, 0.2) is 11.4 Å². The van der Waals surface area contributed by atoms with E-state index < -0.39 is 12.0 Å². The number of furan rings is 1. The molecule has 1 aliphatic rings. The summed E-state index contributed by atoms with van der Waals surface area (Å²) in [5, 5.41) is 13.6. The fourth-order valence-corrected chi connectivity index (χ4v) is 4.49. The molecule has 0 saturated carbocycles. The Kier molecular flexibility index (Phi) is 5.48. The van der Waals surface area contributed by atoms with E-state index in [1.807, 2.05) is 24.3 Å². The zero-order chi connectivity index (χ0) is 23.8. The Hall–Kier alpha value is -4.21. The number of carboxylic acid groups (broad SMARTS) is 1. The van der Waals surface area contributed by atoms with Crippen LogP contribution in [0.2, 0.25) is 0 Å². The molecule has 0 unspecified atom stereocenters. The van der Waals surface area contributed by atoms with Crippen LogP contribution in [0, 0.1) is 12.8 Å². The number of benzene rings is 1. The number of carbonyl (C=O) groups excluding carboxylic acids is 1. The SMILES string of the molecule is COc1cc(NC(=O)C[C@H]2C[C@@H](C(=O)O)N(c3nc(C)nc4c3oc3ccccc34)C2)ccn1. The Morgan fingerprint density at radius 3 is 2.88 bits per heavy atom. The zero-order valence-corrected chi connectivity index (χ0v) is 18.7. The van der Waals surface area contributed by atoms with Crippen LogP contribution in [0.5, 0.6) is 5.88 Å². The van der Waals surface area contributed by atoms with Crippen molar-refractivity contribution in [3.8, 4) is 5.88 Å². The maximum absolute atomic E-state index is 12.7. The molecule has 174 valence electrons. The highest BCUT2D eigenvalue weighted by molar-refractivity contribution is 6.06. The van der Waals surface area contributed by atoms with Crippen LogP contribution in [-0.2, 0) is 9.59 Å². The number of carboxylic acids is 1. The Morgan fingerprint density at radius 2 is 2.09 bits per heavy atom. The number of nitrogens with one attached hydrogen (secondary N) is 1. The van der Waals surface area contributed by atoms with Crippen LogP contribution < -0.4 is 15.0 Å². The number of amides is 1. The summed E-state index contributed by atoms with van der Waals surface area (Å²) < 4.78 is 11.1. The molecule has 1 aromatic carbocycles. The minimum absolute atomic E-state index is 0.165. The number of para-hydroxylation sites is 1. The molecule has 1 amide bonds. The van der Waals surface area contributed by atoms with Gasteiger partial charge < -0.3 is 24.5 Å². The third kappa shape index (κ3) is 3.98. The fraction of sp³-hybridized carbons (Fsp3) is 0.292. The maximum Gasteiger partial charge on any atom is 0.326 e. The second-order valence-corrected chi connectivity index (χ2v) is 8.32. The number of fused-ring (bicyclic) bond motifs is 3. The topological polar surface area (TPSA) is 131 Å². The molecule has 5 rings (SSSR count). The summed E-state index contributed by atoms with van der Waals surface area (Å²) in [6, 6.07) is 9.99. The second kappa shape index (κ2) is 8.62. The van der Waals surface area contributed by atoms with E-state index in [4.69, 9.17) is 9.15 Å². The van der Waals surface area contributed by atoms with Crippen molar-refractivity contribution in [1.29, 1.82) is 0 Å². The molecule has 4 aromatic rings. The molecule has 10 nitrogen and oxygen atoms in total. The molecule has 4 heterocycles. The van der Waals surface area contributed by atoms with Gasteiger partial charge in [-0.2, -0.15) is 0 Å². The van der Waals surface area contributed by atoms with E-state index in [-0.39, 0.29) is 18.2 Å². The number of anilines is 2. The molecule has 3 aromatic heterocycles. The summed E-state index contributed by atoms with van der Waals surface area (Å²) in [7, 11) is 1.50. The zero-order valence-electron chi connectivity index (χ0n) is 18.7. The summed E-state index contributed by atoms with van der Waals surface area (Å²) in [6.07, 6.45) is 2.02. The molecule has 34 heavy (non-hydrogen) atoms. The summed E-state index contributed by atoms with van der Waals surface area (Å²) in [5.41, 5.74) is 2.33. The number of rotatable bonds is 6. The molecule has 10 heteroatoms. The minimum Gasteiger partial charge on any atom is -0.481 e. The van der Waals surface area contributed by atoms with E-state index in [0.717, 1.165) is 5.39 Å². The van der Waals surface area contributed by atoms with Crippen LogP contribution in [0.3, 0.4) is 0 Å². The van der Waals surface area contributed by atoms with Crippen LogP contribution in [0.25, 0.3) is 22.1 Å². The van der Waals surface area contributed by atoms with Crippen molar-refractivity contribution in [2.75, 3.05) is 23.9 Å². The molecular weight excluding hydrogens is 438 g/mol. The van der Waals surface area contributed by atoms with Gasteiger partial charge in [0, 0.05) is 36.3 Å². The van der Waals surface area contributed by atoms with Crippen molar-refractivity contribution < 1.29 is 23.8 Å². The normalized spacial score (nSPS) is 17.9. The standard InChI is InChI=1S/C24H23N5O5/c1-13-26-21-16-5-3-4-6-18(16)34-22(21)23(27-13)29-12-14(9-17(29)24(31)32)10-19(30)28-15-7-8-25-20(11-15)33-2/h3-8,11,14,17H,9-10,12H2,1-2H3,(H,31,32)(H,25,28,30)/t14-,17+/m1/s1. The summed E-state index contributed by atoms with van der Waals surface area (Å²) in [4.78, 5) is 39.6. The van der Waals surface area contributed by atoms with Crippen LogP contribution in [0.1, 0.15) is 18.7 Å². The number of hydrogen-bond donors (Lipinski definition) is 2. The number of methoxy groups -OCH3 is 1. The highest BCUT2D eigenvalue weighted by atomic mass is 16.5. The Labute approximate surface area is 194 Å². The molecule has 0 bridgehead atoms. The monoisotopic (exact) mass is 461 g/mol. The van der Waals surface area contributed by atoms with Crippen molar-refractivity contribution in [1.82, 2.24) is 15.0 Å². The van der Waals surface area contributed by atoms with Gasteiger partial charge in [-0.15, -0.1) is 0 Å². The number of ether oxygens (including phenoxy) is 1. The maximum atomic E-state index is 12.7. The van der Waals surface area contributed by atoms with E-state index in [2.05, 4.69) is 20.3 Å².